The molecule has 1 aromatic heterocycles. The molecule has 0 aliphatic carbocycles. The standard InChI is InChI=1S/C30H37ClN4O/c1-5-24(15-17-36)20-35(18-22(3)25-8-6-21(2)7-9-25)19-23(4)34-27-12-10-26(11-13-27)29-28(31)14-16-33-30(29)32/h6-14,16,18-19,24,34,36H,5,15,17,20H2,1-4H3,(H2,32,33)/b22-18+,23-19+. The van der Waals surface area contributed by atoms with Crippen molar-refractivity contribution >= 4 is 28.7 Å². The number of nitrogens with zero attached hydrogens (tertiary/aromatic N) is 2. The van der Waals surface area contributed by atoms with E-state index in [1.807, 2.05) is 24.3 Å². The molecular formula is C30H37ClN4O. The summed E-state index contributed by atoms with van der Waals surface area (Å²) < 4.78 is 0. The van der Waals surface area contributed by atoms with E-state index in [4.69, 9.17) is 17.3 Å². The van der Waals surface area contributed by atoms with Crippen LogP contribution >= 0.6 is 11.6 Å². The number of halogens is 1. The number of aliphatic hydroxyl groups excluding tert-OH is 1. The number of aliphatic hydroxyl groups is 1. The molecule has 0 fully saturated rings. The maximum atomic E-state index is 9.50. The lowest BCUT2D eigenvalue weighted by Gasteiger charge is -2.24. The van der Waals surface area contributed by atoms with Crippen LogP contribution in [0, 0.1) is 12.8 Å². The Balaban J connectivity index is 1.81. The predicted octanol–water partition coefficient (Wildman–Crippen LogP) is 7.34. The number of nitrogens with two attached hydrogens (primary N) is 1. The van der Waals surface area contributed by atoms with Gasteiger partial charge in [-0.2, -0.15) is 0 Å². The van der Waals surface area contributed by atoms with Crippen molar-refractivity contribution in [1.29, 1.82) is 0 Å². The van der Waals surface area contributed by atoms with Crippen LogP contribution in [0.1, 0.15) is 44.7 Å². The molecule has 0 saturated carbocycles. The number of benzene rings is 2. The lowest BCUT2D eigenvalue weighted by Crippen LogP contribution is -2.22. The number of nitrogen functional groups attached to an aromatic ring is 1. The molecule has 0 aliphatic heterocycles. The van der Waals surface area contributed by atoms with Crippen LogP contribution in [0.15, 0.2) is 78.9 Å². The van der Waals surface area contributed by atoms with E-state index < -0.39 is 0 Å². The van der Waals surface area contributed by atoms with Gasteiger partial charge in [0.15, 0.2) is 0 Å². The highest BCUT2D eigenvalue weighted by atomic mass is 35.5. The molecule has 0 saturated heterocycles. The van der Waals surface area contributed by atoms with Gasteiger partial charge in [0.25, 0.3) is 0 Å². The number of rotatable bonds is 11. The maximum Gasteiger partial charge on any atom is 0.132 e. The van der Waals surface area contributed by atoms with Gasteiger partial charge < -0.3 is 21.1 Å². The molecule has 0 spiro atoms. The smallest absolute Gasteiger partial charge is 0.132 e. The molecule has 4 N–H and O–H groups in total. The van der Waals surface area contributed by atoms with Crippen molar-refractivity contribution in [2.75, 3.05) is 24.2 Å². The number of aryl methyl sites for hydroxylation is 1. The van der Waals surface area contributed by atoms with Gasteiger partial charge in [0, 0.05) is 48.7 Å². The average Bonchev–Trinajstić information content (AvgIpc) is 2.85. The van der Waals surface area contributed by atoms with Gasteiger partial charge in [0.05, 0.1) is 5.02 Å². The highest BCUT2D eigenvalue weighted by Gasteiger charge is 2.11. The van der Waals surface area contributed by atoms with Crippen LogP contribution in [0.4, 0.5) is 11.5 Å². The number of hydrogen-bond acceptors (Lipinski definition) is 5. The van der Waals surface area contributed by atoms with Crippen LogP contribution in [0.3, 0.4) is 0 Å². The minimum atomic E-state index is 0.200. The van der Waals surface area contributed by atoms with Crippen molar-refractivity contribution in [1.82, 2.24) is 9.88 Å². The maximum absolute atomic E-state index is 9.50. The molecule has 3 rings (SSSR count). The van der Waals surface area contributed by atoms with E-state index in [0.29, 0.717) is 16.8 Å². The van der Waals surface area contributed by atoms with E-state index in [1.54, 1.807) is 12.3 Å². The van der Waals surface area contributed by atoms with Gasteiger partial charge in [0.1, 0.15) is 5.82 Å². The normalized spacial score (nSPS) is 12.9. The molecule has 0 amide bonds. The Kier molecular flexibility index (Phi) is 9.97. The molecule has 3 aromatic rings. The Hall–Kier alpha value is -3.28. The van der Waals surface area contributed by atoms with Crippen LogP contribution in [-0.2, 0) is 0 Å². The fraction of sp³-hybridized carbons (Fsp3) is 0.300. The summed E-state index contributed by atoms with van der Waals surface area (Å²) in [5.41, 5.74) is 13.3. The lowest BCUT2D eigenvalue weighted by molar-refractivity contribution is 0.238. The summed E-state index contributed by atoms with van der Waals surface area (Å²) in [4.78, 5) is 6.38. The third-order valence-electron chi connectivity index (χ3n) is 6.25. The Morgan fingerprint density at radius 1 is 1.08 bits per heavy atom. The molecule has 1 atom stereocenters. The van der Waals surface area contributed by atoms with E-state index in [9.17, 15) is 5.11 Å². The molecule has 6 heteroatoms. The summed E-state index contributed by atoms with van der Waals surface area (Å²) in [6.07, 6.45) is 7.71. The first-order chi connectivity index (χ1) is 17.3. The zero-order valence-electron chi connectivity index (χ0n) is 21.6. The summed E-state index contributed by atoms with van der Waals surface area (Å²) >= 11 is 6.34. The Morgan fingerprint density at radius 2 is 1.78 bits per heavy atom. The zero-order chi connectivity index (χ0) is 26.1. The monoisotopic (exact) mass is 504 g/mol. The van der Waals surface area contributed by atoms with Gasteiger partial charge in [-0.25, -0.2) is 4.98 Å². The van der Waals surface area contributed by atoms with E-state index in [-0.39, 0.29) is 6.61 Å². The summed E-state index contributed by atoms with van der Waals surface area (Å²) in [6.45, 7) is 9.49. The summed E-state index contributed by atoms with van der Waals surface area (Å²) in [5, 5.41) is 13.6. The van der Waals surface area contributed by atoms with Crippen molar-refractivity contribution < 1.29 is 5.11 Å². The van der Waals surface area contributed by atoms with Crippen LogP contribution in [0.5, 0.6) is 0 Å². The first-order valence-electron chi connectivity index (χ1n) is 12.4. The highest BCUT2D eigenvalue weighted by molar-refractivity contribution is 6.33. The number of pyridine rings is 1. The zero-order valence-corrected chi connectivity index (χ0v) is 22.4. The molecule has 0 aliphatic rings. The lowest BCUT2D eigenvalue weighted by atomic mass is 10.0. The van der Waals surface area contributed by atoms with Gasteiger partial charge in [-0.1, -0.05) is 66.9 Å². The minimum Gasteiger partial charge on any atom is -0.396 e. The van der Waals surface area contributed by atoms with Gasteiger partial charge in [-0.15, -0.1) is 0 Å². The number of hydrogen-bond donors (Lipinski definition) is 3. The van der Waals surface area contributed by atoms with Crippen LogP contribution in [0.2, 0.25) is 5.02 Å². The molecule has 1 heterocycles. The van der Waals surface area contributed by atoms with Gasteiger partial charge in [0.2, 0.25) is 0 Å². The second kappa shape index (κ2) is 13.1. The van der Waals surface area contributed by atoms with Crippen LogP contribution < -0.4 is 11.1 Å². The van der Waals surface area contributed by atoms with Crippen molar-refractivity contribution in [2.24, 2.45) is 5.92 Å². The minimum absolute atomic E-state index is 0.200. The summed E-state index contributed by atoms with van der Waals surface area (Å²) in [5.74, 6) is 0.814. The molecule has 0 bridgehead atoms. The first-order valence-corrected chi connectivity index (χ1v) is 12.8. The number of allylic oxidation sites excluding steroid dienone is 2. The molecule has 0 radical (unpaired) electrons. The quantitative estimate of drug-likeness (QED) is 0.255. The average molecular weight is 505 g/mol. The summed E-state index contributed by atoms with van der Waals surface area (Å²) in [7, 11) is 0. The second-order valence-electron chi connectivity index (χ2n) is 9.23. The third kappa shape index (κ3) is 7.61. The fourth-order valence-corrected chi connectivity index (χ4v) is 4.42. The summed E-state index contributed by atoms with van der Waals surface area (Å²) in [6, 6.07) is 18.3. The van der Waals surface area contributed by atoms with Crippen molar-refractivity contribution in [3.05, 3.63) is 95.0 Å². The van der Waals surface area contributed by atoms with E-state index in [1.165, 1.54) is 16.7 Å². The second-order valence-corrected chi connectivity index (χ2v) is 9.64. The molecule has 5 nitrogen and oxygen atoms in total. The Bertz CT molecular complexity index is 1170. The SMILES string of the molecule is CCC(CCO)CN(/C=C(\C)Nc1ccc(-c2c(Cl)ccnc2N)cc1)/C=C(\C)c1ccc(C)cc1. The van der Waals surface area contributed by atoms with E-state index in [2.05, 4.69) is 79.6 Å². The topological polar surface area (TPSA) is 74.4 Å². The van der Waals surface area contributed by atoms with E-state index >= 15 is 0 Å². The number of aromatic nitrogens is 1. The predicted molar refractivity (Wildman–Crippen MR) is 153 cm³/mol. The van der Waals surface area contributed by atoms with Gasteiger partial charge >= 0.3 is 0 Å². The molecular weight excluding hydrogens is 468 g/mol. The van der Waals surface area contributed by atoms with Crippen molar-refractivity contribution in [3.8, 4) is 11.1 Å². The third-order valence-corrected chi connectivity index (χ3v) is 6.57. The van der Waals surface area contributed by atoms with Gasteiger partial charge in [-0.05, 0) is 68.0 Å². The Labute approximate surface area is 220 Å². The fourth-order valence-electron chi connectivity index (χ4n) is 4.16. The largest absolute Gasteiger partial charge is 0.396 e. The van der Waals surface area contributed by atoms with Crippen LogP contribution in [0.25, 0.3) is 16.7 Å². The van der Waals surface area contributed by atoms with Crippen molar-refractivity contribution in [3.63, 3.8) is 0 Å². The number of anilines is 2. The van der Waals surface area contributed by atoms with Crippen molar-refractivity contribution in [2.45, 2.75) is 40.5 Å². The Morgan fingerprint density at radius 3 is 2.39 bits per heavy atom. The highest BCUT2D eigenvalue weighted by Crippen LogP contribution is 2.32. The van der Waals surface area contributed by atoms with Crippen LogP contribution in [-0.4, -0.2) is 28.1 Å². The molecule has 1 unspecified atom stereocenters. The first kappa shape index (κ1) is 27.3. The van der Waals surface area contributed by atoms with E-state index in [0.717, 1.165) is 41.9 Å². The molecule has 190 valence electrons. The molecule has 36 heavy (non-hydrogen) atoms. The molecule has 2 aromatic carbocycles. The number of nitrogens with one attached hydrogen (secondary N) is 1. The van der Waals surface area contributed by atoms with Gasteiger partial charge in [-0.3, -0.25) is 0 Å².